The molecule has 1 N–H and O–H groups in total. The lowest BCUT2D eigenvalue weighted by molar-refractivity contribution is 0.647. The molecule has 78 valence electrons. The molecule has 0 spiro atoms. The van der Waals surface area contributed by atoms with Gasteiger partial charge in [-0.15, -0.1) is 0 Å². The topological polar surface area (TPSA) is 12.0 Å². The molecule has 0 aliphatic rings. The molecule has 0 heterocycles. The van der Waals surface area contributed by atoms with E-state index in [0.29, 0.717) is 5.92 Å². The smallest absolute Gasteiger partial charge is 0.0453 e. The van der Waals surface area contributed by atoms with Gasteiger partial charge in [0.15, 0.2) is 0 Å². The molecule has 2 heteroatoms. The Morgan fingerprint density at radius 3 is 2.57 bits per heavy atom. The summed E-state index contributed by atoms with van der Waals surface area (Å²) >= 11 is 6.15. The summed E-state index contributed by atoms with van der Waals surface area (Å²) < 4.78 is 0. The summed E-state index contributed by atoms with van der Waals surface area (Å²) in [4.78, 5) is 0. The largest absolute Gasteiger partial charge is 0.316 e. The van der Waals surface area contributed by atoms with Crippen LogP contribution in [0.15, 0.2) is 18.2 Å². The van der Waals surface area contributed by atoms with Crippen LogP contribution in [0.5, 0.6) is 0 Å². The summed E-state index contributed by atoms with van der Waals surface area (Å²) in [5.74, 6) is 0.682. The number of hydrogen-bond acceptors (Lipinski definition) is 1. The van der Waals surface area contributed by atoms with E-state index in [1.807, 2.05) is 7.05 Å². The summed E-state index contributed by atoms with van der Waals surface area (Å²) in [5, 5.41) is 3.97. The van der Waals surface area contributed by atoms with Gasteiger partial charge in [-0.2, -0.15) is 0 Å². The van der Waals surface area contributed by atoms with Crippen molar-refractivity contribution >= 4 is 11.6 Å². The minimum atomic E-state index is 0.682. The first-order valence-electron chi connectivity index (χ1n) is 5.05. The van der Waals surface area contributed by atoms with E-state index in [4.69, 9.17) is 11.6 Å². The minimum Gasteiger partial charge on any atom is -0.316 e. The Morgan fingerprint density at radius 2 is 2.07 bits per heavy atom. The first kappa shape index (κ1) is 11.5. The average Bonchev–Trinajstić information content (AvgIpc) is 2.09. The fourth-order valence-electron chi connectivity index (χ4n) is 1.52. The van der Waals surface area contributed by atoms with E-state index in [9.17, 15) is 0 Å². The summed E-state index contributed by atoms with van der Waals surface area (Å²) in [5.41, 5.74) is 2.49. The molecule has 0 bridgehead atoms. The number of benzene rings is 1. The zero-order chi connectivity index (χ0) is 10.6. The van der Waals surface area contributed by atoms with E-state index >= 15 is 0 Å². The van der Waals surface area contributed by atoms with E-state index in [0.717, 1.165) is 18.0 Å². The first-order chi connectivity index (χ1) is 6.63. The third kappa shape index (κ3) is 3.32. The van der Waals surface area contributed by atoms with Gasteiger partial charge in [0, 0.05) is 11.6 Å². The normalized spacial score (nSPS) is 10.9. The van der Waals surface area contributed by atoms with Crippen molar-refractivity contribution in [2.24, 2.45) is 5.92 Å². The minimum absolute atomic E-state index is 0.682. The molecule has 0 atom stereocenters. The lowest BCUT2D eigenvalue weighted by Gasteiger charge is -2.08. The molecule has 0 radical (unpaired) electrons. The highest BCUT2D eigenvalue weighted by Crippen LogP contribution is 2.19. The maximum atomic E-state index is 6.15. The highest BCUT2D eigenvalue weighted by Gasteiger charge is 2.02. The van der Waals surface area contributed by atoms with Gasteiger partial charge in [-0.25, -0.2) is 0 Å². The Labute approximate surface area is 91.5 Å². The van der Waals surface area contributed by atoms with Crippen molar-refractivity contribution in [1.82, 2.24) is 5.32 Å². The first-order valence-corrected chi connectivity index (χ1v) is 5.43. The maximum Gasteiger partial charge on any atom is 0.0453 e. The van der Waals surface area contributed by atoms with E-state index in [1.165, 1.54) is 11.1 Å². The van der Waals surface area contributed by atoms with Crippen LogP contribution in [-0.4, -0.2) is 7.05 Å². The standard InChI is InChI=1S/C12H18ClN/c1-9(2)6-10-4-5-11(8-14-3)12(13)7-10/h4-5,7,9,14H,6,8H2,1-3H3. The van der Waals surface area contributed by atoms with E-state index in [1.54, 1.807) is 0 Å². The van der Waals surface area contributed by atoms with Gasteiger partial charge < -0.3 is 5.32 Å². The molecule has 1 rings (SSSR count). The van der Waals surface area contributed by atoms with Crippen molar-refractivity contribution < 1.29 is 0 Å². The molecule has 1 aromatic rings. The van der Waals surface area contributed by atoms with Crippen LogP contribution in [0.1, 0.15) is 25.0 Å². The van der Waals surface area contributed by atoms with Crippen LogP contribution in [0.4, 0.5) is 0 Å². The fourth-order valence-corrected chi connectivity index (χ4v) is 1.79. The van der Waals surface area contributed by atoms with E-state index < -0.39 is 0 Å². The van der Waals surface area contributed by atoms with Gasteiger partial charge >= 0.3 is 0 Å². The molecular formula is C12H18ClN. The van der Waals surface area contributed by atoms with Crippen LogP contribution in [0, 0.1) is 5.92 Å². The number of halogens is 1. The van der Waals surface area contributed by atoms with E-state index in [-0.39, 0.29) is 0 Å². The molecule has 14 heavy (non-hydrogen) atoms. The number of hydrogen-bond donors (Lipinski definition) is 1. The SMILES string of the molecule is CNCc1ccc(CC(C)C)cc1Cl. The van der Waals surface area contributed by atoms with Crippen LogP contribution in [0.2, 0.25) is 5.02 Å². The third-order valence-electron chi connectivity index (χ3n) is 2.13. The summed E-state index contributed by atoms with van der Waals surface area (Å²) in [6.45, 7) is 5.27. The molecule has 1 aromatic carbocycles. The van der Waals surface area contributed by atoms with Crippen LogP contribution in [0.25, 0.3) is 0 Å². The van der Waals surface area contributed by atoms with Gasteiger partial charge in [0.25, 0.3) is 0 Å². The van der Waals surface area contributed by atoms with Crippen molar-refractivity contribution in [3.05, 3.63) is 34.3 Å². The lowest BCUT2D eigenvalue weighted by Crippen LogP contribution is -2.06. The average molecular weight is 212 g/mol. The summed E-state index contributed by atoms with van der Waals surface area (Å²) in [6.07, 6.45) is 1.10. The predicted octanol–water partition coefficient (Wildman–Crippen LogP) is 3.26. The van der Waals surface area contributed by atoms with Crippen LogP contribution in [0.3, 0.4) is 0 Å². The van der Waals surface area contributed by atoms with Crippen LogP contribution in [-0.2, 0) is 13.0 Å². The molecule has 1 nitrogen and oxygen atoms in total. The summed E-state index contributed by atoms with van der Waals surface area (Å²) in [6, 6.07) is 6.35. The molecule has 0 aliphatic heterocycles. The Morgan fingerprint density at radius 1 is 1.36 bits per heavy atom. The van der Waals surface area contributed by atoms with Gasteiger partial charge in [0.1, 0.15) is 0 Å². The Balaban J connectivity index is 2.78. The molecule has 0 unspecified atom stereocenters. The van der Waals surface area contributed by atoms with Crippen molar-refractivity contribution in [2.45, 2.75) is 26.8 Å². The zero-order valence-electron chi connectivity index (χ0n) is 9.10. The maximum absolute atomic E-state index is 6.15. The van der Waals surface area contributed by atoms with Crippen molar-refractivity contribution in [3.8, 4) is 0 Å². The van der Waals surface area contributed by atoms with Crippen molar-refractivity contribution in [3.63, 3.8) is 0 Å². The highest BCUT2D eigenvalue weighted by atomic mass is 35.5. The van der Waals surface area contributed by atoms with Gasteiger partial charge in [-0.05, 0) is 36.6 Å². The number of nitrogens with one attached hydrogen (secondary N) is 1. The summed E-state index contributed by atoms with van der Waals surface area (Å²) in [7, 11) is 1.93. The Kier molecular flexibility index (Phi) is 4.43. The predicted molar refractivity (Wildman–Crippen MR) is 62.8 cm³/mol. The zero-order valence-corrected chi connectivity index (χ0v) is 9.86. The van der Waals surface area contributed by atoms with Gasteiger partial charge in [-0.3, -0.25) is 0 Å². The van der Waals surface area contributed by atoms with Crippen LogP contribution >= 0.6 is 11.6 Å². The fraction of sp³-hybridized carbons (Fsp3) is 0.500. The molecule has 0 amide bonds. The molecule has 0 fully saturated rings. The molecule has 0 aromatic heterocycles. The van der Waals surface area contributed by atoms with Crippen molar-refractivity contribution in [1.29, 1.82) is 0 Å². The van der Waals surface area contributed by atoms with Crippen molar-refractivity contribution in [2.75, 3.05) is 7.05 Å². The van der Waals surface area contributed by atoms with Gasteiger partial charge in [0.2, 0.25) is 0 Å². The Bertz CT molecular complexity index is 294. The Hall–Kier alpha value is -0.530. The monoisotopic (exact) mass is 211 g/mol. The number of rotatable bonds is 4. The second-order valence-corrected chi connectivity index (χ2v) is 4.46. The molecular weight excluding hydrogens is 194 g/mol. The van der Waals surface area contributed by atoms with Gasteiger partial charge in [0.05, 0.1) is 0 Å². The molecule has 0 aliphatic carbocycles. The highest BCUT2D eigenvalue weighted by molar-refractivity contribution is 6.31. The lowest BCUT2D eigenvalue weighted by atomic mass is 10.0. The third-order valence-corrected chi connectivity index (χ3v) is 2.48. The molecule has 0 saturated heterocycles. The van der Waals surface area contributed by atoms with E-state index in [2.05, 4.69) is 37.4 Å². The van der Waals surface area contributed by atoms with Crippen LogP contribution < -0.4 is 5.32 Å². The van der Waals surface area contributed by atoms with Gasteiger partial charge in [-0.1, -0.05) is 37.6 Å². The quantitative estimate of drug-likeness (QED) is 0.806. The molecule has 0 saturated carbocycles. The second kappa shape index (κ2) is 5.38. The second-order valence-electron chi connectivity index (χ2n) is 4.05.